The minimum atomic E-state index is 0.528. The molecular weight excluding hydrogens is 184 g/mol. The Morgan fingerprint density at radius 2 is 2.15 bits per heavy atom. The van der Waals surface area contributed by atoms with Crippen molar-refractivity contribution in [1.82, 2.24) is 4.57 Å². The Morgan fingerprint density at radius 3 is 2.85 bits per heavy atom. The Kier molecular flexibility index (Phi) is 1.75. The fourth-order valence-electron chi connectivity index (χ4n) is 1.40. The van der Waals surface area contributed by atoms with E-state index in [-0.39, 0.29) is 0 Å². The van der Waals surface area contributed by atoms with Crippen molar-refractivity contribution in [3.63, 3.8) is 0 Å². The van der Waals surface area contributed by atoms with Gasteiger partial charge >= 0.3 is 0 Å². The van der Waals surface area contributed by atoms with Crippen LogP contribution in [0.25, 0.3) is 10.9 Å². The maximum atomic E-state index is 8.74. The number of nitrogens with zero attached hydrogens (tertiary/aromatic N) is 2. The first kappa shape index (κ1) is 8.15. The van der Waals surface area contributed by atoms with Gasteiger partial charge in [-0.05, 0) is 18.2 Å². The Balaban J connectivity index is 2.90. The van der Waals surface area contributed by atoms with Crippen molar-refractivity contribution in [2.45, 2.75) is 0 Å². The van der Waals surface area contributed by atoms with Crippen molar-refractivity contribution in [3.05, 3.63) is 35.0 Å². The molecule has 0 aliphatic rings. The zero-order chi connectivity index (χ0) is 9.42. The van der Waals surface area contributed by atoms with E-state index in [1.54, 1.807) is 6.07 Å². The molecule has 1 aromatic heterocycles. The van der Waals surface area contributed by atoms with Crippen LogP contribution in [0.15, 0.2) is 24.4 Å². The Hall–Kier alpha value is -1.46. The molecule has 0 saturated heterocycles. The molecule has 13 heavy (non-hydrogen) atoms. The molecule has 0 spiro atoms. The first-order chi connectivity index (χ1) is 6.24. The Morgan fingerprint density at radius 1 is 1.38 bits per heavy atom. The van der Waals surface area contributed by atoms with Crippen LogP contribution < -0.4 is 0 Å². The summed E-state index contributed by atoms with van der Waals surface area (Å²) in [6, 6.07) is 7.61. The molecular formula is C10H7ClN2. The summed E-state index contributed by atoms with van der Waals surface area (Å²) in [6.07, 6.45) is 1.93. The zero-order valence-electron chi connectivity index (χ0n) is 7.08. The minimum absolute atomic E-state index is 0.528. The Bertz CT molecular complexity index is 505. The van der Waals surface area contributed by atoms with Gasteiger partial charge in [0, 0.05) is 24.1 Å². The predicted octanol–water partition coefficient (Wildman–Crippen LogP) is 2.70. The van der Waals surface area contributed by atoms with Crippen molar-refractivity contribution in [3.8, 4) is 6.07 Å². The van der Waals surface area contributed by atoms with Crippen LogP contribution in [0, 0.1) is 11.3 Å². The molecule has 1 aromatic carbocycles. The van der Waals surface area contributed by atoms with Crippen molar-refractivity contribution >= 4 is 22.5 Å². The lowest BCUT2D eigenvalue weighted by atomic mass is 10.2. The lowest BCUT2D eigenvalue weighted by Crippen LogP contribution is -1.84. The summed E-state index contributed by atoms with van der Waals surface area (Å²) in [6.45, 7) is 0. The molecule has 0 aliphatic carbocycles. The van der Waals surface area contributed by atoms with Crippen LogP contribution in [-0.2, 0) is 7.05 Å². The smallest absolute Gasteiger partial charge is 0.101 e. The van der Waals surface area contributed by atoms with E-state index in [0.717, 1.165) is 10.9 Å². The molecule has 0 atom stereocenters. The van der Waals surface area contributed by atoms with Gasteiger partial charge in [-0.15, -0.1) is 0 Å². The van der Waals surface area contributed by atoms with E-state index in [9.17, 15) is 0 Å². The van der Waals surface area contributed by atoms with Crippen LogP contribution in [-0.4, -0.2) is 4.57 Å². The lowest BCUT2D eigenvalue weighted by Gasteiger charge is -1.98. The standard InChI is InChI=1S/C10H7ClN2/c1-13-5-4-8-9(13)3-2-7(6-12)10(8)11/h2-5H,1H3. The summed E-state index contributed by atoms with van der Waals surface area (Å²) in [5.41, 5.74) is 1.57. The highest BCUT2D eigenvalue weighted by Crippen LogP contribution is 2.27. The van der Waals surface area contributed by atoms with E-state index in [1.165, 1.54) is 0 Å². The second kappa shape index (κ2) is 2.79. The van der Waals surface area contributed by atoms with Crippen LogP contribution >= 0.6 is 11.6 Å². The third-order valence-corrected chi connectivity index (χ3v) is 2.53. The third kappa shape index (κ3) is 1.09. The van der Waals surface area contributed by atoms with Gasteiger partial charge in [0.1, 0.15) is 6.07 Å². The van der Waals surface area contributed by atoms with Gasteiger partial charge in [-0.2, -0.15) is 5.26 Å². The normalized spacial score (nSPS) is 10.2. The van der Waals surface area contributed by atoms with Gasteiger partial charge in [0.25, 0.3) is 0 Å². The molecule has 0 amide bonds. The molecule has 0 radical (unpaired) electrons. The SMILES string of the molecule is Cn1ccc2c(Cl)c(C#N)ccc21. The van der Waals surface area contributed by atoms with Crippen molar-refractivity contribution in [2.24, 2.45) is 7.05 Å². The first-order valence-corrected chi connectivity index (χ1v) is 4.25. The average molecular weight is 191 g/mol. The highest BCUT2D eigenvalue weighted by molar-refractivity contribution is 6.36. The van der Waals surface area contributed by atoms with Gasteiger partial charge in [-0.25, -0.2) is 0 Å². The number of halogens is 1. The average Bonchev–Trinajstić information content (AvgIpc) is 2.50. The number of benzene rings is 1. The predicted molar refractivity (Wildman–Crippen MR) is 52.6 cm³/mol. The quantitative estimate of drug-likeness (QED) is 0.628. The fraction of sp³-hybridized carbons (Fsp3) is 0.100. The van der Waals surface area contributed by atoms with Crippen LogP contribution in [0.1, 0.15) is 5.56 Å². The number of hydrogen-bond acceptors (Lipinski definition) is 1. The van der Waals surface area contributed by atoms with E-state index in [4.69, 9.17) is 16.9 Å². The molecule has 0 unspecified atom stereocenters. The van der Waals surface area contributed by atoms with Crippen molar-refractivity contribution in [1.29, 1.82) is 5.26 Å². The number of aromatic nitrogens is 1. The number of nitriles is 1. The van der Waals surface area contributed by atoms with Crippen molar-refractivity contribution < 1.29 is 0 Å². The molecule has 2 aromatic rings. The molecule has 64 valence electrons. The molecule has 0 fully saturated rings. The molecule has 2 rings (SSSR count). The molecule has 1 heterocycles. The second-order valence-corrected chi connectivity index (χ2v) is 3.28. The van der Waals surface area contributed by atoms with Crippen LogP contribution in [0.5, 0.6) is 0 Å². The fourth-order valence-corrected chi connectivity index (χ4v) is 1.67. The summed E-state index contributed by atoms with van der Waals surface area (Å²) in [7, 11) is 1.95. The van der Waals surface area contributed by atoms with Gasteiger partial charge in [0.05, 0.1) is 10.6 Å². The molecule has 0 bridgehead atoms. The summed E-state index contributed by atoms with van der Waals surface area (Å²) in [5.74, 6) is 0. The third-order valence-electron chi connectivity index (χ3n) is 2.12. The van der Waals surface area contributed by atoms with Crippen LogP contribution in [0.2, 0.25) is 5.02 Å². The van der Waals surface area contributed by atoms with E-state index in [1.807, 2.05) is 29.9 Å². The molecule has 0 N–H and O–H groups in total. The number of fused-ring (bicyclic) bond motifs is 1. The highest BCUT2D eigenvalue weighted by Gasteiger charge is 2.06. The summed E-state index contributed by atoms with van der Waals surface area (Å²) >= 11 is 6.02. The first-order valence-electron chi connectivity index (χ1n) is 3.87. The van der Waals surface area contributed by atoms with E-state index < -0.39 is 0 Å². The summed E-state index contributed by atoms with van der Waals surface area (Å²) < 4.78 is 1.97. The van der Waals surface area contributed by atoms with Gasteiger partial charge in [0.15, 0.2) is 0 Å². The summed E-state index contributed by atoms with van der Waals surface area (Å²) in [5, 5.41) is 10.2. The Labute approximate surface area is 81.0 Å². The van der Waals surface area contributed by atoms with Crippen LogP contribution in [0.4, 0.5) is 0 Å². The molecule has 3 heteroatoms. The van der Waals surface area contributed by atoms with Crippen LogP contribution in [0.3, 0.4) is 0 Å². The lowest BCUT2D eigenvalue weighted by molar-refractivity contribution is 0.969. The van der Waals surface area contributed by atoms with Gasteiger partial charge in [-0.1, -0.05) is 11.6 Å². The molecule has 0 aliphatic heterocycles. The molecule has 0 saturated carbocycles. The maximum Gasteiger partial charge on any atom is 0.101 e. The van der Waals surface area contributed by atoms with E-state index in [2.05, 4.69) is 6.07 Å². The minimum Gasteiger partial charge on any atom is -0.351 e. The summed E-state index contributed by atoms with van der Waals surface area (Å²) in [4.78, 5) is 0. The number of aryl methyl sites for hydroxylation is 1. The van der Waals surface area contributed by atoms with Gasteiger partial charge < -0.3 is 4.57 Å². The maximum absolute atomic E-state index is 8.74. The number of hydrogen-bond donors (Lipinski definition) is 0. The van der Waals surface area contributed by atoms with Gasteiger partial charge in [0.2, 0.25) is 0 Å². The molecule has 2 nitrogen and oxygen atoms in total. The van der Waals surface area contributed by atoms with E-state index in [0.29, 0.717) is 10.6 Å². The second-order valence-electron chi connectivity index (χ2n) is 2.90. The largest absolute Gasteiger partial charge is 0.351 e. The topological polar surface area (TPSA) is 28.7 Å². The number of rotatable bonds is 0. The zero-order valence-corrected chi connectivity index (χ0v) is 7.84. The van der Waals surface area contributed by atoms with E-state index >= 15 is 0 Å². The highest BCUT2D eigenvalue weighted by atomic mass is 35.5. The monoisotopic (exact) mass is 190 g/mol. The van der Waals surface area contributed by atoms with Gasteiger partial charge in [-0.3, -0.25) is 0 Å². The van der Waals surface area contributed by atoms with Crippen molar-refractivity contribution in [2.75, 3.05) is 0 Å².